The summed E-state index contributed by atoms with van der Waals surface area (Å²) >= 11 is 0. The molecule has 1 heterocycles. The lowest BCUT2D eigenvalue weighted by atomic mass is 10.2. The Morgan fingerprint density at radius 2 is 1.95 bits per heavy atom. The molecule has 0 saturated carbocycles. The summed E-state index contributed by atoms with van der Waals surface area (Å²) in [4.78, 5) is 7.63. The molecule has 1 aromatic carbocycles. The molecule has 0 aliphatic heterocycles. The van der Waals surface area contributed by atoms with Crippen LogP contribution in [0.1, 0.15) is 19.4 Å². The Kier molecular flexibility index (Phi) is 5.12. The van der Waals surface area contributed by atoms with Crippen molar-refractivity contribution in [3.63, 3.8) is 0 Å². The standard InChI is InChI=1S/C15H20N2O2/c1-3-18-15(19-4-2)11-16-9-12-10-17-14-8-6-5-7-13(12)14/h5-10,15,17H,3-4,11H2,1-2H3. The van der Waals surface area contributed by atoms with Crippen molar-refractivity contribution in [1.82, 2.24) is 4.98 Å². The molecule has 0 fully saturated rings. The number of H-pyrrole nitrogens is 1. The van der Waals surface area contributed by atoms with Crippen LogP contribution in [0.2, 0.25) is 0 Å². The molecule has 1 aromatic heterocycles. The Labute approximate surface area is 113 Å². The smallest absolute Gasteiger partial charge is 0.176 e. The van der Waals surface area contributed by atoms with Crippen LogP contribution in [-0.4, -0.2) is 37.2 Å². The van der Waals surface area contributed by atoms with E-state index in [-0.39, 0.29) is 6.29 Å². The van der Waals surface area contributed by atoms with Crippen LogP contribution in [0.25, 0.3) is 10.9 Å². The average Bonchev–Trinajstić information content (AvgIpc) is 2.83. The van der Waals surface area contributed by atoms with Crippen molar-refractivity contribution in [2.45, 2.75) is 20.1 Å². The number of nitrogens with one attached hydrogen (secondary N) is 1. The third-order valence-corrected chi connectivity index (χ3v) is 2.81. The van der Waals surface area contributed by atoms with E-state index in [1.54, 1.807) is 0 Å². The van der Waals surface area contributed by atoms with E-state index in [2.05, 4.69) is 22.1 Å². The maximum atomic E-state index is 5.45. The second-order valence-corrected chi connectivity index (χ2v) is 4.12. The predicted octanol–water partition coefficient (Wildman–Crippen LogP) is 2.99. The van der Waals surface area contributed by atoms with Gasteiger partial charge in [0.1, 0.15) is 0 Å². The third-order valence-electron chi connectivity index (χ3n) is 2.81. The Balaban J connectivity index is 2.01. The third kappa shape index (κ3) is 3.66. The number of aliphatic imine (C=N–C) groups is 1. The highest BCUT2D eigenvalue weighted by Crippen LogP contribution is 2.15. The van der Waals surface area contributed by atoms with Crippen LogP contribution in [0.3, 0.4) is 0 Å². The molecule has 0 radical (unpaired) electrons. The summed E-state index contributed by atoms with van der Waals surface area (Å²) in [7, 11) is 0. The summed E-state index contributed by atoms with van der Waals surface area (Å²) < 4.78 is 10.9. The number of benzene rings is 1. The topological polar surface area (TPSA) is 46.6 Å². The van der Waals surface area contributed by atoms with Crippen LogP contribution < -0.4 is 0 Å². The van der Waals surface area contributed by atoms with Crippen molar-refractivity contribution in [3.05, 3.63) is 36.0 Å². The molecule has 0 aliphatic rings. The monoisotopic (exact) mass is 260 g/mol. The Morgan fingerprint density at radius 1 is 1.21 bits per heavy atom. The molecule has 0 saturated heterocycles. The maximum Gasteiger partial charge on any atom is 0.176 e. The van der Waals surface area contributed by atoms with Gasteiger partial charge in [-0.1, -0.05) is 18.2 Å². The second kappa shape index (κ2) is 7.07. The molecule has 0 amide bonds. The minimum Gasteiger partial charge on any atom is -0.361 e. The molecule has 19 heavy (non-hydrogen) atoms. The zero-order valence-corrected chi connectivity index (χ0v) is 11.4. The number of rotatable bonds is 7. The Hall–Kier alpha value is -1.65. The van der Waals surface area contributed by atoms with Crippen molar-refractivity contribution >= 4 is 17.1 Å². The normalized spacial score (nSPS) is 11.9. The predicted molar refractivity (Wildman–Crippen MR) is 77.8 cm³/mol. The van der Waals surface area contributed by atoms with Crippen LogP contribution >= 0.6 is 0 Å². The summed E-state index contributed by atoms with van der Waals surface area (Å²) in [5.74, 6) is 0. The summed E-state index contributed by atoms with van der Waals surface area (Å²) in [6.07, 6.45) is 3.57. The molecule has 1 N–H and O–H groups in total. The zero-order valence-electron chi connectivity index (χ0n) is 11.4. The highest BCUT2D eigenvalue weighted by molar-refractivity contribution is 5.98. The molecule has 0 unspecified atom stereocenters. The molecule has 4 nitrogen and oxygen atoms in total. The van der Waals surface area contributed by atoms with Crippen molar-refractivity contribution in [2.24, 2.45) is 4.99 Å². The van der Waals surface area contributed by atoms with Gasteiger partial charge in [-0.3, -0.25) is 4.99 Å². The lowest BCUT2D eigenvalue weighted by Gasteiger charge is -2.13. The van der Waals surface area contributed by atoms with E-state index in [1.165, 1.54) is 5.39 Å². The van der Waals surface area contributed by atoms with Gasteiger partial charge in [0, 0.05) is 42.1 Å². The van der Waals surface area contributed by atoms with E-state index >= 15 is 0 Å². The van der Waals surface area contributed by atoms with Gasteiger partial charge >= 0.3 is 0 Å². The molecular weight excluding hydrogens is 240 g/mol. The van der Waals surface area contributed by atoms with E-state index in [1.807, 2.05) is 38.4 Å². The van der Waals surface area contributed by atoms with Gasteiger partial charge in [-0.25, -0.2) is 0 Å². The fraction of sp³-hybridized carbons (Fsp3) is 0.400. The average molecular weight is 260 g/mol. The number of aromatic amines is 1. The molecule has 0 aliphatic carbocycles. The van der Waals surface area contributed by atoms with E-state index in [9.17, 15) is 0 Å². The van der Waals surface area contributed by atoms with Crippen LogP contribution in [0.15, 0.2) is 35.5 Å². The first-order valence-electron chi connectivity index (χ1n) is 6.64. The van der Waals surface area contributed by atoms with E-state index < -0.39 is 0 Å². The summed E-state index contributed by atoms with van der Waals surface area (Å²) in [6.45, 7) is 5.69. The van der Waals surface area contributed by atoms with Crippen LogP contribution in [0.5, 0.6) is 0 Å². The SMILES string of the molecule is CCOC(CN=Cc1c[nH]c2ccccc12)OCC. The molecule has 2 rings (SSSR count). The number of fused-ring (bicyclic) bond motifs is 1. The number of aromatic nitrogens is 1. The number of nitrogens with zero attached hydrogens (tertiary/aromatic N) is 1. The lowest BCUT2D eigenvalue weighted by molar-refractivity contribution is -0.128. The van der Waals surface area contributed by atoms with Crippen LogP contribution in [0, 0.1) is 0 Å². The molecule has 2 aromatic rings. The zero-order chi connectivity index (χ0) is 13.5. The molecule has 0 bridgehead atoms. The minimum atomic E-state index is -0.253. The molecule has 0 spiro atoms. The van der Waals surface area contributed by atoms with Crippen molar-refractivity contribution in [2.75, 3.05) is 19.8 Å². The fourth-order valence-electron chi connectivity index (χ4n) is 1.96. The highest BCUT2D eigenvalue weighted by atomic mass is 16.7. The number of hydrogen-bond acceptors (Lipinski definition) is 3. The van der Waals surface area contributed by atoms with E-state index in [0.29, 0.717) is 19.8 Å². The molecule has 102 valence electrons. The van der Waals surface area contributed by atoms with Crippen molar-refractivity contribution in [3.8, 4) is 0 Å². The van der Waals surface area contributed by atoms with Crippen LogP contribution in [-0.2, 0) is 9.47 Å². The van der Waals surface area contributed by atoms with Crippen molar-refractivity contribution in [1.29, 1.82) is 0 Å². The van der Waals surface area contributed by atoms with E-state index in [0.717, 1.165) is 11.1 Å². The Morgan fingerprint density at radius 3 is 2.68 bits per heavy atom. The summed E-state index contributed by atoms with van der Waals surface area (Å²) in [6, 6.07) is 8.17. The quantitative estimate of drug-likeness (QED) is 0.614. The number of hydrogen-bond donors (Lipinski definition) is 1. The van der Waals surface area contributed by atoms with E-state index in [4.69, 9.17) is 9.47 Å². The fourth-order valence-corrected chi connectivity index (χ4v) is 1.96. The van der Waals surface area contributed by atoms with Gasteiger partial charge in [0.2, 0.25) is 0 Å². The molecule has 0 atom stereocenters. The van der Waals surface area contributed by atoms with Gasteiger partial charge in [0.15, 0.2) is 6.29 Å². The Bertz CT molecular complexity index is 528. The first-order chi connectivity index (χ1) is 9.35. The maximum absolute atomic E-state index is 5.45. The van der Waals surface area contributed by atoms with Gasteiger partial charge in [-0.2, -0.15) is 0 Å². The van der Waals surface area contributed by atoms with Gasteiger partial charge in [-0.15, -0.1) is 0 Å². The van der Waals surface area contributed by atoms with Gasteiger partial charge in [0.05, 0.1) is 6.54 Å². The summed E-state index contributed by atoms with van der Waals surface area (Å²) in [5, 5.41) is 1.18. The van der Waals surface area contributed by atoms with Gasteiger partial charge in [0.25, 0.3) is 0 Å². The first kappa shape index (κ1) is 13.8. The van der Waals surface area contributed by atoms with Gasteiger partial charge < -0.3 is 14.5 Å². The lowest BCUT2D eigenvalue weighted by Crippen LogP contribution is -2.20. The van der Waals surface area contributed by atoms with Crippen molar-refractivity contribution < 1.29 is 9.47 Å². The largest absolute Gasteiger partial charge is 0.361 e. The minimum absolute atomic E-state index is 0.253. The number of ether oxygens (including phenoxy) is 2. The number of para-hydroxylation sites is 1. The molecular formula is C15H20N2O2. The highest BCUT2D eigenvalue weighted by Gasteiger charge is 2.06. The van der Waals surface area contributed by atoms with Gasteiger partial charge in [-0.05, 0) is 19.9 Å². The second-order valence-electron chi connectivity index (χ2n) is 4.12. The molecule has 4 heteroatoms. The first-order valence-corrected chi connectivity index (χ1v) is 6.64. The summed E-state index contributed by atoms with van der Waals surface area (Å²) in [5.41, 5.74) is 2.21. The van der Waals surface area contributed by atoms with Crippen LogP contribution in [0.4, 0.5) is 0 Å².